The summed E-state index contributed by atoms with van der Waals surface area (Å²) in [6.45, 7) is 2.40. The lowest BCUT2D eigenvalue weighted by atomic mass is 10.1. The van der Waals surface area contributed by atoms with Crippen molar-refractivity contribution in [2.45, 2.75) is 19.9 Å². The van der Waals surface area contributed by atoms with Crippen LogP contribution in [0.25, 0.3) is 11.1 Å². The number of nitrogens with one attached hydrogen (secondary N) is 1. The Kier molecular flexibility index (Phi) is 3.55. The molecule has 1 amide bonds. The summed E-state index contributed by atoms with van der Waals surface area (Å²) in [7, 11) is 0. The SMILES string of the molecule is CCC(=O)NCc1ccc(-c2cnoc2)cc1. The highest BCUT2D eigenvalue weighted by atomic mass is 16.5. The van der Waals surface area contributed by atoms with E-state index in [1.54, 1.807) is 12.5 Å². The molecule has 2 aromatic rings. The molecule has 17 heavy (non-hydrogen) atoms. The summed E-state index contributed by atoms with van der Waals surface area (Å²) < 4.78 is 4.79. The van der Waals surface area contributed by atoms with Crippen LogP contribution in [-0.2, 0) is 11.3 Å². The van der Waals surface area contributed by atoms with Crippen LogP contribution in [0.1, 0.15) is 18.9 Å². The van der Waals surface area contributed by atoms with Gasteiger partial charge < -0.3 is 9.84 Å². The monoisotopic (exact) mass is 230 g/mol. The van der Waals surface area contributed by atoms with Crippen molar-refractivity contribution in [1.29, 1.82) is 0 Å². The molecule has 4 heteroatoms. The quantitative estimate of drug-likeness (QED) is 0.877. The Morgan fingerprint density at radius 1 is 1.29 bits per heavy atom. The van der Waals surface area contributed by atoms with Crippen LogP contribution >= 0.6 is 0 Å². The Bertz CT molecular complexity index is 475. The number of carbonyl (C=O) groups excluding carboxylic acids is 1. The molecule has 1 N–H and O–H groups in total. The maximum Gasteiger partial charge on any atom is 0.219 e. The van der Waals surface area contributed by atoms with Crippen molar-refractivity contribution >= 4 is 5.91 Å². The lowest BCUT2D eigenvalue weighted by molar-refractivity contribution is -0.120. The smallest absolute Gasteiger partial charge is 0.219 e. The third kappa shape index (κ3) is 2.93. The lowest BCUT2D eigenvalue weighted by Gasteiger charge is -2.04. The minimum atomic E-state index is 0.0631. The number of aromatic nitrogens is 1. The summed E-state index contributed by atoms with van der Waals surface area (Å²) in [5.41, 5.74) is 3.08. The normalized spacial score (nSPS) is 10.2. The van der Waals surface area contributed by atoms with Crippen LogP contribution in [-0.4, -0.2) is 11.1 Å². The van der Waals surface area contributed by atoms with Crippen molar-refractivity contribution in [2.24, 2.45) is 0 Å². The van der Waals surface area contributed by atoms with Crippen LogP contribution in [0.2, 0.25) is 0 Å². The van der Waals surface area contributed by atoms with Gasteiger partial charge in [0.1, 0.15) is 6.26 Å². The average Bonchev–Trinajstić information content (AvgIpc) is 2.90. The predicted molar refractivity (Wildman–Crippen MR) is 64.1 cm³/mol. The molecular formula is C13H14N2O2. The van der Waals surface area contributed by atoms with Crippen molar-refractivity contribution in [3.8, 4) is 11.1 Å². The summed E-state index contributed by atoms with van der Waals surface area (Å²) in [4.78, 5) is 11.1. The largest absolute Gasteiger partial charge is 0.364 e. The molecule has 0 radical (unpaired) electrons. The van der Waals surface area contributed by atoms with Crippen molar-refractivity contribution in [3.05, 3.63) is 42.3 Å². The van der Waals surface area contributed by atoms with E-state index in [0.29, 0.717) is 13.0 Å². The van der Waals surface area contributed by atoms with Crippen LogP contribution < -0.4 is 5.32 Å². The number of nitrogens with zero attached hydrogens (tertiary/aromatic N) is 1. The topological polar surface area (TPSA) is 55.1 Å². The Morgan fingerprint density at radius 3 is 2.65 bits per heavy atom. The van der Waals surface area contributed by atoms with Crippen LogP contribution in [0.3, 0.4) is 0 Å². The molecule has 0 bridgehead atoms. The molecule has 0 aliphatic rings. The minimum absolute atomic E-state index is 0.0631. The molecule has 0 fully saturated rings. The summed E-state index contributed by atoms with van der Waals surface area (Å²) in [5.74, 6) is 0.0631. The van der Waals surface area contributed by atoms with Gasteiger partial charge in [-0.25, -0.2) is 0 Å². The van der Waals surface area contributed by atoms with Gasteiger partial charge in [-0.15, -0.1) is 0 Å². The van der Waals surface area contributed by atoms with Crippen LogP contribution in [0.4, 0.5) is 0 Å². The van der Waals surface area contributed by atoms with Crippen molar-refractivity contribution in [1.82, 2.24) is 10.5 Å². The van der Waals surface area contributed by atoms with E-state index in [2.05, 4.69) is 10.5 Å². The Hall–Kier alpha value is -2.10. The fourth-order valence-corrected chi connectivity index (χ4v) is 1.49. The van der Waals surface area contributed by atoms with E-state index < -0.39 is 0 Å². The molecule has 0 atom stereocenters. The third-order valence-corrected chi connectivity index (χ3v) is 2.53. The summed E-state index contributed by atoms with van der Waals surface area (Å²) >= 11 is 0. The van der Waals surface area contributed by atoms with Gasteiger partial charge in [0.2, 0.25) is 5.91 Å². The second kappa shape index (κ2) is 5.30. The zero-order chi connectivity index (χ0) is 12.1. The van der Waals surface area contributed by atoms with Crippen LogP contribution in [0.5, 0.6) is 0 Å². The molecule has 0 aliphatic heterocycles. The zero-order valence-corrected chi connectivity index (χ0v) is 9.64. The van der Waals surface area contributed by atoms with Gasteiger partial charge in [-0.3, -0.25) is 4.79 Å². The van der Waals surface area contributed by atoms with E-state index in [-0.39, 0.29) is 5.91 Å². The molecule has 0 saturated heterocycles. The van der Waals surface area contributed by atoms with E-state index in [0.717, 1.165) is 16.7 Å². The van der Waals surface area contributed by atoms with Gasteiger partial charge in [0.05, 0.1) is 6.20 Å². The molecule has 0 spiro atoms. The van der Waals surface area contributed by atoms with Crippen LogP contribution in [0, 0.1) is 0 Å². The maximum atomic E-state index is 11.1. The van der Waals surface area contributed by atoms with Crippen molar-refractivity contribution < 1.29 is 9.32 Å². The molecule has 4 nitrogen and oxygen atoms in total. The van der Waals surface area contributed by atoms with E-state index in [1.165, 1.54) is 0 Å². The number of amides is 1. The second-order valence-corrected chi connectivity index (χ2v) is 3.74. The molecule has 2 rings (SSSR count). The lowest BCUT2D eigenvalue weighted by Crippen LogP contribution is -2.21. The van der Waals surface area contributed by atoms with E-state index in [1.807, 2.05) is 31.2 Å². The maximum absolute atomic E-state index is 11.1. The van der Waals surface area contributed by atoms with Gasteiger partial charge in [-0.2, -0.15) is 0 Å². The van der Waals surface area contributed by atoms with E-state index in [4.69, 9.17) is 4.52 Å². The number of benzene rings is 1. The number of rotatable bonds is 4. The highest BCUT2D eigenvalue weighted by molar-refractivity contribution is 5.75. The highest BCUT2D eigenvalue weighted by Crippen LogP contribution is 2.18. The van der Waals surface area contributed by atoms with Gasteiger partial charge in [0.15, 0.2) is 0 Å². The summed E-state index contributed by atoms with van der Waals surface area (Å²) in [6, 6.07) is 7.94. The van der Waals surface area contributed by atoms with Crippen molar-refractivity contribution in [2.75, 3.05) is 0 Å². The fraction of sp³-hybridized carbons (Fsp3) is 0.231. The molecule has 1 aromatic carbocycles. The molecule has 1 heterocycles. The first-order valence-electron chi connectivity index (χ1n) is 5.55. The molecule has 88 valence electrons. The van der Waals surface area contributed by atoms with Crippen molar-refractivity contribution in [3.63, 3.8) is 0 Å². The Labute approximate surface area is 99.6 Å². The van der Waals surface area contributed by atoms with Gasteiger partial charge in [0, 0.05) is 18.5 Å². The predicted octanol–water partition coefficient (Wildman–Crippen LogP) is 2.37. The first-order valence-corrected chi connectivity index (χ1v) is 5.55. The average molecular weight is 230 g/mol. The minimum Gasteiger partial charge on any atom is -0.364 e. The third-order valence-electron chi connectivity index (χ3n) is 2.53. The van der Waals surface area contributed by atoms with Gasteiger partial charge in [0.25, 0.3) is 0 Å². The first-order chi connectivity index (χ1) is 8.29. The number of carbonyl (C=O) groups is 1. The summed E-state index contributed by atoms with van der Waals surface area (Å²) in [5, 5.41) is 6.49. The molecule has 1 aromatic heterocycles. The highest BCUT2D eigenvalue weighted by Gasteiger charge is 2.01. The molecule has 0 aliphatic carbocycles. The second-order valence-electron chi connectivity index (χ2n) is 3.74. The fourth-order valence-electron chi connectivity index (χ4n) is 1.49. The van der Waals surface area contributed by atoms with E-state index >= 15 is 0 Å². The first kappa shape index (κ1) is 11.4. The molecular weight excluding hydrogens is 216 g/mol. The van der Waals surface area contributed by atoms with Crippen LogP contribution in [0.15, 0.2) is 41.2 Å². The van der Waals surface area contributed by atoms with Gasteiger partial charge in [-0.05, 0) is 11.1 Å². The van der Waals surface area contributed by atoms with Gasteiger partial charge in [-0.1, -0.05) is 36.3 Å². The number of hydrogen-bond acceptors (Lipinski definition) is 3. The molecule has 0 saturated carbocycles. The molecule has 0 unspecified atom stereocenters. The Morgan fingerprint density at radius 2 is 2.06 bits per heavy atom. The van der Waals surface area contributed by atoms with E-state index in [9.17, 15) is 4.79 Å². The standard InChI is InChI=1S/C13H14N2O2/c1-2-13(16)14-7-10-3-5-11(6-4-10)12-8-15-17-9-12/h3-6,8-9H,2,7H2,1H3,(H,14,16). The Balaban J connectivity index is 2.01. The number of hydrogen-bond donors (Lipinski definition) is 1. The zero-order valence-electron chi connectivity index (χ0n) is 9.64. The summed E-state index contributed by atoms with van der Waals surface area (Å²) in [6.07, 6.45) is 3.79. The van der Waals surface area contributed by atoms with Gasteiger partial charge >= 0.3 is 0 Å².